The summed E-state index contributed by atoms with van der Waals surface area (Å²) in [6.07, 6.45) is 0.861. The average Bonchev–Trinajstić information content (AvgIpc) is 3.02. The van der Waals surface area contributed by atoms with Gasteiger partial charge in [-0.25, -0.2) is 0 Å². The Bertz CT molecular complexity index is 791. The molecule has 0 unspecified atom stereocenters. The number of nitrogens with one attached hydrogen (secondary N) is 1. The second-order valence-corrected chi connectivity index (χ2v) is 7.46. The van der Waals surface area contributed by atoms with E-state index in [1.165, 1.54) is 16.5 Å². The number of thiophene rings is 1. The molecular formula is C17H16Cl2N2O2S. The number of benzene rings is 1. The number of hydrogen-bond donors (Lipinski definition) is 1. The van der Waals surface area contributed by atoms with E-state index in [4.69, 9.17) is 23.2 Å². The summed E-state index contributed by atoms with van der Waals surface area (Å²) in [5.41, 5.74) is 1.51. The van der Waals surface area contributed by atoms with E-state index in [0.29, 0.717) is 17.1 Å². The largest absolute Gasteiger partial charge is 0.343 e. The van der Waals surface area contributed by atoms with Gasteiger partial charge in [-0.05, 0) is 48.6 Å². The van der Waals surface area contributed by atoms with Gasteiger partial charge in [0.15, 0.2) is 0 Å². The van der Waals surface area contributed by atoms with Gasteiger partial charge in [-0.2, -0.15) is 0 Å². The lowest BCUT2D eigenvalue weighted by Gasteiger charge is -2.33. The van der Waals surface area contributed by atoms with Crippen LogP contribution >= 0.6 is 34.5 Å². The Kier molecular flexibility index (Phi) is 5.13. The number of hydrogen-bond acceptors (Lipinski definition) is 3. The van der Waals surface area contributed by atoms with Crippen LogP contribution in [0.1, 0.15) is 33.8 Å². The molecular weight excluding hydrogens is 367 g/mol. The second kappa shape index (κ2) is 7.13. The molecule has 1 aliphatic heterocycles. The van der Waals surface area contributed by atoms with Crippen molar-refractivity contribution in [2.45, 2.75) is 19.4 Å². The van der Waals surface area contributed by atoms with Crippen LogP contribution in [0.4, 0.5) is 0 Å². The maximum atomic E-state index is 12.5. The number of nitrogens with zero attached hydrogens (tertiary/aromatic N) is 1. The number of rotatable bonds is 3. The Morgan fingerprint density at radius 3 is 2.88 bits per heavy atom. The lowest BCUT2D eigenvalue weighted by Crippen LogP contribution is -2.44. The molecule has 0 aliphatic carbocycles. The monoisotopic (exact) mass is 382 g/mol. The Balaban J connectivity index is 1.62. The van der Waals surface area contributed by atoms with Crippen LogP contribution in [0.2, 0.25) is 10.0 Å². The van der Waals surface area contributed by atoms with Crippen molar-refractivity contribution in [3.63, 3.8) is 0 Å². The van der Waals surface area contributed by atoms with E-state index in [-0.39, 0.29) is 29.4 Å². The molecule has 0 saturated carbocycles. The van der Waals surface area contributed by atoms with E-state index in [2.05, 4.69) is 16.8 Å². The first kappa shape index (κ1) is 17.3. The minimum atomic E-state index is -0.383. The van der Waals surface area contributed by atoms with Crippen LogP contribution < -0.4 is 5.32 Å². The Labute approximate surface area is 154 Å². The minimum Gasteiger partial charge on any atom is -0.343 e. The summed E-state index contributed by atoms with van der Waals surface area (Å²) in [6.45, 7) is 2.63. The summed E-state index contributed by atoms with van der Waals surface area (Å²) in [7, 11) is 0. The van der Waals surface area contributed by atoms with Crippen LogP contribution in [0, 0.1) is 0 Å². The molecule has 0 bridgehead atoms. The van der Waals surface area contributed by atoms with Crippen molar-refractivity contribution in [1.82, 2.24) is 10.2 Å². The SMILES string of the molecule is C[C@@H]1c2ccsc2CCN1C(=O)CNC(=O)c1ccc(Cl)cc1Cl. The standard InChI is InChI=1S/C17H16Cl2N2O2S/c1-10-12-5-7-24-15(12)4-6-21(10)16(22)9-20-17(23)13-3-2-11(18)8-14(13)19/h2-3,5,7-8,10H,4,6,9H2,1H3,(H,20,23)/t10-/m1/s1. The average molecular weight is 383 g/mol. The van der Waals surface area contributed by atoms with Gasteiger partial charge in [0.1, 0.15) is 0 Å². The Morgan fingerprint density at radius 1 is 1.33 bits per heavy atom. The predicted molar refractivity (Wildman–Crippen MR) is 96.9 cm³/mol. The maximum absolute atomic E-state index is 12.5. The fraction of sp³-hybridized carbons (Fsp3) is 0.294. The zero-order valence-corrected chi connectivity index (χ0v) is 15.3. The van der Waals surface area contributed by atoms with Gasteiger partial charge in [0.05, 0.1) is 23.2 Å². The van der Waals surface area contributed by atoms with Crippen molar-refractivity contribution in [3.05, 3.63) is 55.7 Å². The molecule has 126 valence electrons. The maximum Gasteiger partial charge on any atom is 0.253 e. The predicted octanol–water partition coefficient (Wildman–Crippen LogP) is 3.93. The zero-order valence-electron chi connectivity index (χ0n) is 13.0. The summed E-state index contributed by atoms with van der Waals surface area (Å²) in [5.74, 6) is -0.483. The molecule has 0 saturated heterocycles. The quantitative estimate of drug-likeness (QED) is 0.873. The van der Waals surface area contributed by atoms with E-state index < -0.39 is 0 Å². The fourth-order valence-corrected chi connectivity index (χ4v) is 4.33. The molecule has 1 aromatic heterocycles. The lowest BCUT2D eigenvalue weighted by atomic mass is 10.0. The smallest absolute Gasteiger partial charge is 0.253 e. The molecule has 0 fully saturated rings. The van der Waals surface area contributed by atoms with Gasteiger partial charge < -0.3 is 10.2 Å². The number of carbonyl (C=O) groups excluding carboxylic acids is 2. The highest BCUT2D eigenvalue weighted by atomic mass is 35.5. The normalized spacial score (nSPS) is 16.6. The summed E-state index contributed by atoms with van der Waals surface area (Å²) in [4.78, 5) is 27.8. The highest BCUT2D eigenvalue weighted by Crippen LogP contribution is 2.32. The number of carbonyl (C=O) groups is 2. The van der Waals surface area contributed by atoms with E-state index in [0.717, 1.165) is 6.42 Å². The van der Waals surface area contributed by atoms with Crippen molar-refractivity contribution in [2.75, 3.05) is 13.1 Å². The molecule has 0 spiro atoms. The van der Waals surface area contributed by atoms with Crippen LogP contribution in [0.5, 0.6) is 0 Å². The van der Waals surface area contributed by atoms with Crippen molar-refractivity contribution in [1.29, 1.82) is 0 Å². The third-order valence-corrected chi connectivity index (χ3v) is 5.72. The summed E-state index contributed by atoms with van der Waals surface area (Å²) >= 11 is 13.6. The lowest BCUT2D eigenvalue weighted by molar-refractivity contribution is -0.132. The summed E-state index contributed by atoms with van der Waals surface area (Å²) in [5, 5.41) is 5.42. The third-order valence-electron chi connectivity index (χ3n) is 4.17. The fourth-order valence-electron chi connectivity index (χ4n) is 2.88. The molecule has 2 heterocycles. The Morgan fingerprint density at radius 2 is 2.12 bits per heavy atom. The molecule has 24 heavy (non-hydrogen) atoms. The van der Waals surface area contributed by atoms with E-state index in [1.807, 2.05) is 6.92 Å². The van der Waals surface area contributed by atoms with Gasteiger partial charge >= 0.3 is 0 Å². The van der Waals surface area contributed by atoms with E-state index in [1.54, 1.807) is 28.4 Å². The first-order valence-corrected chi connectivity index (χ1v) is 9.20. The molecule has 1 aliphatic rings. The van der Waals surface area contributed by atoms with E-state index in [9.17, 15) is 9.59 Å². The van der Waals surface area contributed by atoms with Gasteiger partial charge in [0.25, 0.3) is 5.91 Å². The van der Waals surface area contributed by atoms with Crippen molar-refractivity contribution < 1.29 is 9.59 Å². The number of amides is 2. The van der Waals surface area contributed by atoms with Gasteiger partial charge in [0, 0.05) is 16.4 Å². The van der Waals surface area contributed by atoms with Crippen LogP contribution in [0.15, 0.2) is 29.6 Å². The van der Waals surface area contributed by atoms with Gasteiger partial charge in [0.2, 0.25) is 5.91 Å². The first-order chi connectivity index (χ1) is 11.5. The number of fused-ring (bicyclic) bond motifs is 1. The highest BCUT2D eigenvalue weighted by molar-refractivity contribution is 7.10. The minimum absolute atomic E-state index is 0.0310. The molecule has 2 aromatic rings. The molecule has 1 aromatic carbocycles. The summed E-state index contributed by atoms with van der Waals surface area (Å²) < 4.78 is 0. The summed E-state index contributed by atoms with van der Waals surface area (Å²) in [6, 6.07) is 6.74. The molecule has 1 N–H and O–H groups in total. The van der Waals surface area contributed by atoms with Crippen molar-refractivity contribution in [2.24, 2.45) is 0 Å². The van der Waals surface area contributed by atoms with Crippen LogP contribution in [-0.4, -0.2) is 29.8 Å². The van der Waals surface area contributed by atoms with Crippen LogP contribution in [0.25, 0.3) is 0 Å². The van der Waals surface area contributed by atoms with Crippen LogP contribution in [-0.2, 0) is 11.2 Å². The molecule has 2 amide bonds. The van der Waals surface area contributed by atoms with Gasteiger partial charge in [-0.1, -0.05) is 23.2 Å². The molecule has 0 radical (unpaired) electrons. The topological polar surface area (TPSA) is 49.4 Å². The van der Waals surface area contributed by atoms with Gasteiger partial charge in [-0.3, -0.25) is 9.59 Å². The molecule has 1 atom stereocenters. The molecule has 4 nitrogen and oxygen atoms in total. The zero-order chi connectivity index (χ0) is 17.3. The van der Waals surface area contributed by atoms with Crippen molar-refractivity contribution in [3.8, 4) is 0 Å². The van der Waals surface area contributed by atoms with Crippen molar-refractivity contribution >= 4 is 46.4 Å². The molecule has 7 heteroatoms. The second-order valence-electron chi connectivity index (χ2n) is 5.62. The van der Waals surface area contributed by atoms with Crippen LogP contribution in [0.3, 0.4) is 0 Å². The highest BCUT2D eigenvalue weighted by Gasteiger charge is 2.28. The first-order valence-electron chi connectivity index (χ1n) is 7.56. The Hall–Kier alpha value is -1.56. The third kappa shape index (κ3) is 3.43. The van der Waals surface area contributed by atoms with Gasteiger partial charge in [-0.15, -0.1) is 11.3 Å². The number of halogens is 2. The molecule has 3 rings (SSSR count). The van der Waals surface area contributed by atoms with E-state index >= 15 is 0 Å².